The Hall–Kier alpha value is -3.80. The average molecular weight is 489 g/mol. The summed E-state index contributed by atoms with van der Waals surface area (Å²) in [7, 11) is 0. The highest BCUT2D eigenvalue weighted by atomic mass is 19.4. The number of benzene rings is 1. The quantitative estimate of drug-likeness (QED) is 0.285. The van der Waals surface area contributed by atoms with E-state index in [1.54, 1.807) is 23.1 Å². The molecule has 4 rings (SSSR count). The van der Waals surface area contributed by atoms with Crippen LogP contribution >= 0.6 is 0 Å². The van der Waals surface area contributed by atoms with Crippen LogP contribution in [0.2, 0.25) is 0 Å². The summed E-state index contributed by atoms with van der Waals surface area (Å²) in [5.41, 5.74) is 4.01. The Morgan fingerprint density at radius 2 is 1.94 bits per heavy atom. The second-order valence-corrected chi connectivity index (χ2v) is 7.62. The molecule has 35 heavy (non-hydrogen) atoms. The molecule has 2 N–H and O–H groups in total. The molecule has 0 radical (unpaired) electrons. The summed E-state index contributed by atoms with van der Waals surface area (Å²) < 4.78 is 58.4. The summed E-state index contributed by atoms with van der Waals surface area (Å²) in [6, 6.07) is 8.36. The number of rotatable bonds is 7. The van der Waals surface area contributed by atoms with Gasteiger partial charge in [-0.05, 0) is 36.8 Å². The van der Waals surface area contributed by atoms with Crippen molar-refractivity contribution >= 4 is 29.4 Å². The minimum Gasteiger partial charge on any atom is -0.378 e. The normalized spacial score (nSPS) is 14.4. The van der Waals surface area contributed by atoms with Crippen LogP contribution in [0.3, 0.4) is 0 Å². The van der Waals surface area contributed by atoms with Crippen LogP contribution in [0.25, 0.3) is 0 Å². The van der Waals surface area contributed by atoms with E-state index in [4.69, 9.17) is 4.74 Å². The van der Waals surface area contributed by atoms with Crippen molar-refractivity contribution in [1.29, 1.82) is 0 Å². The van der Waals surface area contributed by atoms with Gasteiger partial charge in [-0.15, -0.1) is 0 Å². The first kappa shape index (κ1) is 24.3. The van der Waals surface area contributed by atoms with Gasteiger partial charge in [0.2, 0.25) is 5.95 Å². The Morgan fingerprint density at radius 3 is 2.69 bits per heavy atom. The topological polar surface area (TPSA) is 87.6 Å². The first-order valence-electron chi connectivity index (χ1n) is 10.9. The minimum atomic E-state index is -4.42. The predicted molar refractivity (Wildman–Crippen MR) is 125 cm³/mol. The smallest absolute Gasteiger partial charge is 0.378 e. The second kappa shape index (κ2) is 10.6. The molecule has 1 aliphatic rings. The van der Waals surface area contributed by atoms with Crippen LogP contribution in [-0.2, 0) is 17.3 Å². The molecule has 1 aliphatic heterocycles. The van der Waals surface area contributed by atoms with E-state index in [1.165, 1.54) is 12.3 Å². The molecule has 0 amide bonds. The minimum absolute atomic E-state index is 0.127. The fourth-order valence-corrected chi connectivity index (χ4v) is 3.47. The first-order chi connectivity index (χ1) is 16.8. The molecule has 184 valence electrons. The van der Waals surface area contributed by atoms with Crippen molar-refractivity contribution in [2.24, 2.45) is 5.10 Å². The van der Waals surface area contributed by atoms with E-state index < -0.39 is 17.6 Å². The van der Waals surface area contributed by atoms with Crippen molar-refractivity contribution in [3.8, 4) is 0 Å². The highest BCUT2D eigenvalue weighted by molar-refractivity contribution is 5.79. The number of hydrogen-bond acceptors (Lipinski definition) is 8. The van der Waals surface area contributed by atoms with Crippen molar-refractivity contribution in [2.45, 2.75) is 19.5 Å². The van der Waals surface area contributed by atoms with E-state index in [0.717, 1.165) is 18.3 Å². The summed E-state index contributed by atoms with van der Waals surface area (Å²) in [5.74, 6) is -0.223. The van der Waals surface area contributed by atoms with E-state index >= 15 is 0 Å². The monoisotopic (exact) mass is 489 g/mol. The maximum absolute atomic E-state index is 14.2. The number of aryl methyl sites for hydroxylation is 1. The molecule has 0 atom stereocenters. The first-order valence-corrected chi connectivity index (χ1v) is 10.9. The van der Waals surface area contributed by atoms with Gasteiger partial charge in [-0.3, -0.25) is 0 Å². The number of nitrogens with one attached hydrogen (secondary N) is 2. The van der Waals surface area contributed by atoms with Crippen molar-refractivity contribution in [1.82, 2.24) is 15.0 Å². The Bertz CT molecular complexity index is 1200. The van der Waals surface area contributed by atoms with Crippen LogP contribution in [0.5, 0.6) is 0 Å². The van der Waals surface area contributed by atoms with Gasteiger partial charge in [-0.25, -0.2) is 19.8 Å². The summed E-state index contributed by atoms with van der Waals surface area (Å²) in [6.07, 6.45) is -1.35. The molecule has 0 aliphatic carbocycles. The lowest BCUT2D eigenvalue weighted by molar-refractivity contribution is -0.137. The number of alkyl halides is 3. The van der Waals surface area contributed by atoms with Gasteiger partial charge in [0.25, 0.3) is 0 Å². The number of hydrogen-bond donors (Lipinski definition) is 2. The summed E-state index contributed by atoms with van der Waals surface area (Å²) in [4.78, 5) is 14.4. The fourth-order valence-electron chi connectivity index (χ4n) is 3.47. The van der Waals surface area contributed by atoms with Gasteiger partial charge in [0.15, 0.2) is 11.6 Å². The third-order valence-electron chi connectivity index (χ3n) is 5.20. The Kier molecular flexibility index (Phi) is 7.39. The number of halogens is 4. The highest BCUT2D eigenvalue weighted by Gasteiger charge is 2.30. The van der Waals surface area contributed by atoms with E-state index in [1.807, 2.05) is 6.92 Å². The molecule has 2 aromatic heterocycles. The number of pyridine rings is 1. The van der Waals surface area contributed by atoms with Crippen molar-refractivity contribution in [3.05, 3.63) is 65.4 Å². The molecule has 1 aromatic carbocycles. The molecule has 12 heteroatoms. The van der Waals surface area contributed by atoms with Gasteiger partial charge >= 0.3 is 6.18 Å². The van der Waals surface area contributed by atoms with Crippen molar-refractivity contribution in [3.63, 3.8) is 0 Å². The standard InChI is InChI=1S/C23H23F4N7O/c1-2-19-20(30-16-5-3-4-15(12-16)23(25,26)27)7-6-17(31-19)13-29-33-22-28-14-18(24)21(32-22)34-8-10-35-11-9-34/h3-7,12-14,30H,2,8-11H2,1H3,(H,28,32,33)/b29-13+. The molecule has 3 aromatic rings. The zero-order valence-electron chi connectivity index (χ0n) is 18.8. The Morgan fingerprint density at radius 1 is 1.14 bits per heavy atom. The predicted octanol–water partition coefficient (Wildman–Crippen LogP) is 4.62. The second-order valence-electron chi connectivity index (χ2n) is 7.62. The Labute approximate surface area is 199 Å². The molecule has 0 bridgehead atoms. The van der Waals surface area contributed by atoms with Crippen LogP contribution in [0.4, 0.5) is 40.7 Å². The van der Waals surface area contributed by atoms with Crippen LogP contribution in [0.1, 0.15) is 23.9 Å². The number of nitrogens with zero attached hydrogens (tertiary/aromatic N) is 5. The summed E-state index contributed by atoms with van der Waals surface area (Å²) in [5, 5.41) is 7.08. The number of anilines is 4. The maximum Gasteiger partial charge on any atom is 0.416 e. The molecular weight excluding hydrogens is 466 g/mol. The molecule has 1 saturated heterocycles. The zero-order valence-corrected chi connectivity index (χ0v) is 18.8. The molecule has 0 spiro atoms. The zero-order chi connectivity index (χ0) is 24.8. The molecule has 1 fully saturated rings. The lowest BCUT2D eigenvalue weighted by atomic mass is 10.1. The van der Waals surface area contributed by atoms with Crippen LogP contribution in [0, 0.1) is 5.82 Å². The average Bonchev–Trinajstić information content (AvgIpc) is 2.86. The van der Waals surface area contributed by atoms with E-state index in [0.29, 0.717) is 55.5 Å². The molecule has 3 heterocycles. The largest absolute Gasteiger partial charge is 0.416 e. The molecule has 0 unspecified atom stereocenters. The summed E-state index contributed by atoms with van der Waals surface area (Å²) in [6.45, 7) is 3.93. The van der Waals surface area contributed by atoms with Crippen molar-refractivity contribution in [2.75, 3.05) is 41.9 Å². The van der Waals surface area contributed by atoms with E-state index in [-0.39, 0.29) is 11.8 Å². The number of ether oxygens (including phenoxy) is 1. The molecular formula is C23H23F4N7O. The van der Waals surface area contributed by atoms with Gasteiger partial charge in [-0.1, -0.05) is 13.0 Å². The Balaban J connectivity index is 1.45. The van der Waals surface area contributed by atoms with E-state index in [2.05, 4.69) is 30.8 Å². The number of morpholine rings is 1. The van der Waals surface area contributed by atoms with Gasteiger partial charge in [0.05, 0.1) is 48.3 Å². The van der Waals surface area contributed by atoms with Gasteiger partial charge in [0, 0.05) is 18.8 Å². The third-order valence-corrected chi connectivity index (χ3v) is 5.20. The third kappa shape index (κ3) is 6.21. The van der Waals surface area contributed by atoms with Gasteiger partial charge < -0.3 is 15.0 Å². The SMILES string of the molecule is CCc1nc(/C=N/Nc2ncc(F)c(N3CCOCC3)n2)ccc1Nc1cccc(C(F)(F)F)c1. The van der Waals surface area contributed by atoms with Crippen LogP contribution < -0.4 is 15.6 Å². The van der Waals surface area contributed by atoms with Crippen LogP contribution in [-0.4, -0.2) is 47.5 Å². The highest BCUT2D eigenvalue weighted by Crippen LogP contribution is 2.31. The lowest BCUT2D eigenvalue weighted by Crippen LogP contribution is -2.37. The fraction of sp³-hybridized carbons (Fsp3) is 0.304. The van der Waals surface area contributed by atoms with Crippen molar-refractivity contribution < 1.29 is 22.3 Å². The molecule has 0 saturated carbocycles. The summed E-state index contributed by atoms with van der Waals surface area (Å²) >= 11 is 0. The number of aromatic nitrogens is 3. The van der Waals surface area contributed by atoms with Gasteiger partial charge in [0.1, 0.15) is 0 Å². The molecule has 8 nitrogen and oxygen atoms in total. The lowest BCUT2D eigenvalue weighted by Gasteiger charge is -2.27. The number of hydrazone groups is 1. The van der Waals surface area contributed by atoms with Gasteiger partial charge in [-0.2, -0.15) is 23.3 Å². The maximum atomic E-state index is 14.2. The van der Waals surface area contributed by atoms with Crippen LogP contribution in [0.15, 0.2) is 47.7 Å². The van der Waals surface area contributed by atoms with E-state index in [9.17, 15) is 17.6 Å².